The van der Waals surface area contributed by atoms with E-state index >= 15 is 0 Å². The molecule has 5 rings (SSSR count). The molecule has 0 N–H and O–H groups in total. The summed E-state index contributed by atoms with van der Waals surface area (Å²) >= 11 is 3.09. The largest absolute Gasteiger partial charge is 0.467 e. The monoisotopic (exact) mass is 451 g/mol. The second-order valence-electron chi connectivity index (χ2n) is 7.51. The summed E-state index contributed by atoms with van der Waals surface area (Å²) < 4.78 is 7.24. The molecule has 1 aromatic carbocycles. The van der Waals surface area contributed by atoms with E-state index < -0.39 is 0 Å². The van der Waals surface area contributed by atoms with Gasteiger partial charge in [0.1, 0.15) is 10.6 Å². The maximum Gasteiger partial charge on any atom is 0.263 e. The van der Waals surface area contributed by atoms with Gasteiger partial charge in [-0.05, 0) is 29.7 Å². The molecule has 4 heterocycles. The van der Waals surface area contributed by atoms with E-state index in [1.54, 1.807) is 29.5 Å². The Hall–Kier alpha value is -2.84. The molecule has 0 atom stereocenters. The smallest absolute Gasteiger partial charge is 0.263 e. The molecule has 1 amide bonds. The fourth-order valence-corrected chi connectivity index (χ4v) is 6.09. The lowest BCUT2D eigenvalue weighted by molar-refractivity contribution is -0.129. The first-order valence-corrected chi connectivity index (χ1v) is 11.9. The molecule has 6 nitrogen and oxygen atoms in total. The molecule has 4 aromatic rings. The second-order valence-corrected chi connectivity index (χ2v) is 9.54. The van der Waals surface area contributed by atoms with Gasteiger partial charge in [-0.25, -0.2) is 4.98 Å². The van der Waals surface area contributed by atoms with Gasteiger partial charge in [0.15, 0.2) is 5.16 Å². The fourth-order valence-electron chi connectivity index (χ4n) is 3.86. The molecule has 0 aliphatic carbocycles. The Bertz CT molecular complexity index is 1290. The summed E-state index contributed by atoms with van der Waals surface area (Å²) in [7, 11) is 0. The predicted molar refractivity (Wildman–Crippen MR) is 122 cm³/mol. The highest BCUT2D eigenvalue weighted by Gasteiger charge is 2.26. The molecule has 0 bridgehead atoms. The molecule has 1 aliphatic heterocycles. The van der Waals surface area contributed by atoms with Crippen LogP contribution in [0.3, 0.4) is 0 Å². The summed E-state index contributed by atoms with van der Waals surface area (Å²) in [6.07, 6.45) is 2.30. The van der Waals surface area contributed by atoms with Gasteiger partial charge in [0.2, 0.25) is 5.91 Å². The van der Waals surface area contributed by atoms with Crippen LogP contribution in [-0.4, -0.2) is 26.9 Å². The zero-order valence-corrected chi connectivity index (χ0v) is 18.7. The summed E-state index contributed by atoms with van der Waals surface area (Å²) in [6.45, 7) is 3.12. The van der Waals surface area contributed by atoms with Crippen molar-refractivity contribution in [3.63, 3.8) is 0 Å². The van der Waals surface area contributed by atoms with Crippen LogP contribution in [0.2, 0.25) is 0 Å². The maximum atomic E-state index is 13.6. The molecule has 3 aromatic heterocycles. The van der Waals surface area contributed by atoms with Gasteiger partial charge in [0.05, 0.1) is 24.7 Å². The van der Waals surface area contributed by atoms with Crippen LogP contribution in [0.1, 0.15) is 28.7 Å². The van der Waals surface area contributed by atoms with Crippen molar-refractivity contribution in [3.05, 3.63) is 80.8 Å². The summed E-state index contributed by atoms with van der Waals surface area (Å²) in [4.78, 5) is 34.0. The number of thioether (sulfide) groups is 1. The number of fused-ring (bicyclic) bond motifs is 3. The molecule has 1 aliphatic rings. The Morgan fingerprint density at radius 2 is 2.06 bits per heavy atom. The van der Waals surface area contributed by atoms with Crippen molar-refractivity contribution in [2.75, 3.05) is 6.54 Å². The van der Waals surface area contributed by atoms with Crippen LogP contribution in [0.25, 0.3) is 10.2 Å². The van der Waals surface area contributed by atoms with Gasteiger partial charge in [-0.3, -0.25) is 14.2 Å². The molecule has 158 valence electrons. The molecule has 0 fully saturated rings. The average molecular weight is 452 g/mol. The highest BCUT2D eigenvalue weighted by molar-refractivity contribution is 7.98. The number of rotatable bonds is 5. The van der Waals surface area contributed by atoms with Crippen LogP contribution in [0.4, 0.5) is 0 Å². The normalized spacial score (nSPS) is 13.5. The standard InChI is InChI=1S/C23H21N3O3S2/c1-15(27)25-10-9-18-19(13-25)31-21-20(18)22(28)26(12-17-8-5-11-29-17)23(24-21)30-14-16-6-3-2-4-7-16/h2-8,11H,9-10,12-14H2,1H3. The number of benzene rings is 1. The minimum absolute atomic E-state index is 0.0364. The zero-order valence-electron chi connectivity index (χ0n) is 17.0. The quantitative estimate of drug-likeness (QED) is 0.334. The van der Waals surface area contributed by atoms with Gasteiger partial charge in [-0.1, -0.05) is 42.1 Å². The number of hydrogen-bond acceptors (Lipinski definition) is 6. The van der Waals surface area contributed by atoms with E-state index in [9.17, 15) is 9.59 Å². The summed E-state index contributed by atoms with van der Waals surface area (Å²) in [5, 5.41) is 1.37. The molecule has 31 heavy (non-hydrogen) atoms. The van der Waals surface area contributed by atoms with E-state index in [4.69, 9.17) is 9.40 Å². The molecular weight excluding hydrogens is 430 g/mol. The summed E-state index contributed by atoms with van der Waals surface area (Å²) in [5.74, 6) is 1.50. The Kier molecular flexibility index (Phi) is 5.41. The molecule has 0 radical (unpaired) electrons. The first kappa shape index (κ1) is 20.1. The van der Waals surface area contributed by atoms with Crippen LogP contribution in [-0.2, 0) is 30.1 Å². The molecule has 0 spiro atoms. The van der Waals surface area contributed by atoms with Gasteiger partial charge in [0.25, 0.3) is 5.56 Å². The highest BCUT2D eigenvalue weighted by Crippen LogP contribution is 2.34. The zero-order chi connectivity index (χ0) is 21.4. The van der Waals surface area contributed by atoms with Crippen LogP contribution in [0, 0.1) is 0 Å². The van der Waals surface area contributed by atoms with E-state index in [2.05, 4.69) is 12.1 Å². The topological polar surface area (TPSA) is 68.3 Å². The van der Waals surface area contributed by atoms with E-state index in [1.807, 2.05) is 35.2 Å². The predicted octanol–water partition coefficient (Wildman–Crippen LogP) is 4.30. The lowest BCUT2D eigenvalue weighted by atomic mass is 10.1. The van der Waals surface area contributed by atoms with Gasteiger partial charge in [-0.2, -0.15) is 0 Å². The lowest BCUT2D eigenvalue weighted by Gasteiger charge is -2.25. The van der Waals surface area contributed by atoms with Gasteiger partial charge >= 0.3 is 0 Å². The van der Waals surface area contributed by atoms with Crippen molar-refractivity contribution < 1.29 is 9.21 Å². The van der Waals surface area contributed by atoms with Crippen LogP contribution >= 0.6 is 23.1 Å². The number of furan rings is 1. The summed E-state index contributed by atoms with van der Waals surface area (Å²) in [6, 6.07) is 13.8. The average Bonchev–Trinajstić information content (AvgIpc) is 3.42. The molecule has 0 saturated carbocycles. The van der Waals surface area contributed by atoms with Gasteiger partial charge in [0, 0.05) is 24.1 Å². The van der Waals surface area contributed by atoms with Crippen LogP contribution < -0.4 is 5.56 Å². The van der Waals surface area contributed by atoms with Crippen molar-refractivity contribution in [1.82, 2.24) is 14.5 Å². The highest BCUT2D eigenvalue weighted by atomic mass is 32.2. The first-order chi connectivity index (χ1) is 15.1. The molecule has 8 heteroatoms. The van der Waals surface area contributed by atoms with Gasteiger partial charge < -0.3 is 9.32 Å². The van der Waals surface area contributed by atoms with E-state index in [1.165, 1.54) is 16.9 Å². The number of carbonyl (C=O) groups is 1. The van der Waals surface area contributed by atoms with Crippen molar-refractivity contribution >= 4 is 39.2 Å². The Morgan fingerprint density at radius 1 is 1.23 bits per heavy atom. The third kappa shape index (κ3) is 3.93. The number of thiophene rings is 1. The van der Waals surface area contributed by atoms with Crippen molar-refractivity contribution in [3.8, 4) is 0 Å². The Balaban J connectivity index is 1.58. The Morgan fingerprint density at radius 3 is 2.81 bits per heavy atom. The van der Waals surface area contributed by atoms with Crippen LogP contribution in [0.5, 0.6) is 0 Å². The number of carbonyl (C=O) groups excluding carboxylic acids is 1. The number of amides is 1. The lowest BCUT2D eigenvalue weighted by Crippen LogP contribution is -2.34. The van der Waals surface area contributed by atoms with Crippen molar-refractivity contribution in [2.45, 2.75) is 37.3 Å². The molecular formula is C23H21N3O3S2. The third-order valence-electron chi connectivity index (χ3n) is 5.48. The number of hydrogen-bond donors (Lipinski definition) is 0. The fraction of sp³-hybridized carbons (Fsp3) is 0.261. The molecule has 0 saturated heterocycles. The Labute approximate surface area is 187 Å². The first-order valence-electron chi connectivity index (χ1n) is 10.1. The van der Waals surface area contributed by atoms with E-state index in [-0.39, 0.29) is 11.5 Å². The van der Waals surface area contributed by atoms with Crippen LogP contribution in [0.15, 0.2) is 63.1 Å². The summed E-state index contributed by atoms with van der Waals surface area (Å²) in [5.41, 5.74) is 2.18. The van der Waals surface area contributed by atoms with Crippen molar-refractivity contribution in [1.29, 1.82) is 0 Å². The number of aromatic nitrogens is 2. The van der Waals surface area contributed by atoms with Gasteiger partial charge in [-0.15, -0.1) is 11.3 Å². The minimum atomic E-state index is -0.0364. The van der Waals surface area contributed by atoms with E-state index in [0.717, 1.165) is 26.8 Å². The van der Waals surface area contributed by atoms with E-state index in [0.29, 0.717) is 36.6 Å². The third-order valence-corrected chi connectivity index (χ3v) is 7.63. The maximum absolute atomic E-state index is 13.6. The molecule has 0 unspecified atom stereocenters. The second kappa shape index (κ2) is 8.36. The SMILES string of the molecule is CC(=O)N1CCc2c(sc3nc(SCc4ccccc4)n(Cc4ccco4)c(=O)c23)C1. The number of nitrogens with zero attached hydrogens (tertiary/aromatic N) is 3. The minimum Gasteiger partial charge on any atom is -0.467 e. The van der Waals surface area contributed by atoms with Crippen molar-refractivity contribution in [2.24, 2.45) is 0 Å².